The quantitative estimate of drug-likeness (QED) is 0.799. The monoisotopic (exact) mass is 231 g/mol. The van der Waals surface area contributed by atoms with Crippen LogP contribution in [0.4, 0.5) is 0 Å². The van der Waals surface area contributed by atoms with Gasteiger partial charge in [0.2, 0.25) is 0 Å². The topological polar surface area (TPSA) is 26.0 Å². The molecule has 0 bridgehead atoms. The Kier molecular flexibility index (Phi) is 4.22. The van der Waals surface area contributed by atoms with E-state index >= 15 is 0 Å². The van der Waals surface area contributed by atoms with Crippen molar-refractivity contribution in [3.8, 4) is 0 Å². The highest BCUT2D eigenvalue weighted by Crippen LogP contribution is 2.39. The lowest BCUT2D eigenvalue weighted by Gasteiger charge is -2.30. The zero-order valence-electron chi connectivity index (χ0n) is 11.2. The van der Waals surface area contributed by atoms with Crippen molar-refractivity contribution in [1.29, 1.82) is 0 Å². The van der Waals surface area contributed by atoms with E-state index in [2.05, 4.69) is 38.1 Å². The largest absolute Gasteiger partial charge is 0.324 e. The number of hydrogen-bond donors (Lipinski definition) is 1. The molecule has 1 fully saturated rings. The maximum absolute atomic E-state index is 6.39. The maximum Gasteiger partial charge on any atom is 0.0300 e. The van der Waals surface area contributed by atoms with Gasteiger partial charge in [-0.15, -0.1) is 0 Å². The van der Waals surface area contributed by atoms with E-state index in [-0.39, 0.29) is 6.04 Å². The molecule has 0 heterocycles. The second-order valence-electron chi connectivity index (χ2n) is 5.61. The van der Waals surface area contributed by atoms with E-state index < -0.39 is 0 Å². The summed E-state index contributed by atoms with van der Waals surface area (Å²) < 4.78 is 0. The highest BCUT2D eigenvalue weighted by Gasteiger charge is 2.24. The van der Waals surface area contributed by atoms with Crippen molar-refractivity contribution >= 4 is 0 Å². The van der Waals surface area contributed by atoms with Crippen molar-refractivity contribution in [2.45, 2.75) is 57.9 Å². The Morgan fingerprint density at radius 1 is 1.29 bits per heavy atom. The summed E-state index contributed by atoms with van der Waals surface area (Å²) in [6, 6.07) is 9.04. The van der Waals surface area contributed by atoms with Gasteiger partial charge in [0.05, 0.1) is 0 Å². The zero-order chi connectivity index (χ0) is 12.3. The van der Waals surface area contributed by atoms with Crippen LogP contribution >= 0.6 is 0 Å². The Bertz CT molecular complexity index is 354. The Morgan fingerprint density at radius 3 is 2.59 bits per heavy atom. The maximum atomic E-state index is 6.39. The molecule has 1 heteroatoms. The molecule has 0 aliphatic heterocycles. The highest BCUT2D eigenvalue weighted by atomic mass is 14.6. The molecule has 2 rings (SSSR count). The molecule has 0 spiro atoms. The highest BCUT2D eigenvalue weighted by molar-refractivity contribution is 5.34. The lowest BCUT2D eigenvalue weighted by molar-refractivity contribution is 0.408. The number of rotatable bonds is 5. The van der Waals surface area contributed by atoms with Crippen molar-refractivity contribution < 1.29 is 0 Å². The molecular formula is C16H25N. The van der Waals surface area contributed by atoms with Crippen LogP contribution in [0.25, 0.3) is 0 Å². The minimum absolute atomic E-state index is 0.224. The summed E-state index contributed by atoms with van der Waals surface area (Å²) in [4.78, 5) is 0. The second kappa shape index (κ2) is 5.68. The van der Waals surface area contributed by atoms with Gasteiger partial charge in [-0.25, -0.2) is 0 Å². The zero-order valence-corrected chi connectivity index (χ0v) is 11.2. The van der Waals surface area contributed by atoms with E-state index in [1.54, 1.807) is 0 Å². The van der Waals surface area contributed by atoms with Crippen LogP contribution in [0.15, 0.2) is 24.3 Å². The summed E-state index contributed by atoms with van der Waals surface area (Å²) in [6.45, 7) is 4.54. The lowest BCUT2D eigenvalue weighted by atomic mass is 9.76. The molecule has 1 aliphatic rings. The van der Waals surface area contributed by atoms with Crippen LogP contribution in [0.2, 0.25) is 0 Å². The first-order valence-electron chi connectivity index (χ1n) is 7.06. The molecule has 94 valence electrons. The van der Waals surface area contributed by atoms with E-state index in [1.807, 2.05) is 0 Å². The smallest absolute Gasteiger partial charge is 0.0300 e. The molecule has 0 saturated heterocycles. The summed E-state index contributed by atoms with van der Waals surface area (Å²) in [5, 5.41) is 0. The van der Waals surface area contributed by atoms with Crippen LogP contribution in [0.5, 0.6) is 0 Å². The molecule has 1 saturated carbocycles. The van der Waals surface area contributed by atoms with Crippen molar-refractivity contribution in [2.75, 3.05) is 0 Å². The standard InChI is InChI=1S/C16H25N/c1-3-12(2)11-16(17)15-10-5-4-9-14(15)13-7-6-8-13/h4-5,9-10,12-13,16H,3,6-8,11,17H2,1-2H3. The first-order chi connectivity index (χ1) is 8.22. The SMILES string of the molecule is CCC(C)CC(N)c1ccccc1C1CCC1. The average molecular weight is 231 g/mol. The first-order valence-corrected chi connectivity index (χ1v) is 7.06. The fraction of sp³-hybridized carbons (Fsp3) is 0.625. The molecule has 1 aliphatic carbocycles. The third kappa shape index (κ3) is 2.90. The van der Waals surface area contributed by atoms with Gasteiger partial charge in [-0.05, 0) is 42.2 Å². The molecule has 1 aromatic carbocycles. The molecule has 2 atom stereocenters. The van der Waals surface area contributed by atoms with Gasteiger partial charge in [0.15, 0.2) is 0 Å². The Labute approximate surface area is 105 Å². The van der Waals surface area contributed by atoms with Crippen LogP contribution < -0.4 is 5.73 Å². The van der Waals surface area contributed by atoms with Crippen molar-refractivity contribution in [1.82, 2.24) is 0 Å². The molecule has 0 aromatic heterocycles. The Hall–Kier alpha value is -0.820. The van der Waals surface area contributed by atoms with Gasteiger partial charge in [0, 0.05) is 6.04 Å². The summed E-state index contributed by atoms with van der Waals surface area (Å²) >= 11 is 0. The van der Waals surface area contributed by atoms with Gasteiger partial charge in [0.1, 0.15) is 0 Å². The minimum Gasteiger partial charge on any atom is -0.324 e. The number of nitrogens with two attached hydrogens (primary N) is 1. The summed E-state index contributed by atoms with van der Waals surface area (Å²) in [6.07, 6.45) is 6.43. The van der Waals surface area contributed by atoms with Crippen LogP contribution in [-0.4, -0.2) is 0 Å². The van der Waals surface area contributed by atoms with Crippen LogP contribution in [0.1, 0.15) is 69.0 Å². The van der Waals surface area contributed by atoms with Gasteiger partial charge in [0.25, 0.3) is 0 Å². The van der Waals surface area contributed by atoms with Gasteiger partial charge in [-0.1, -0.05) is 51.0 Å². The fourth-order valence-electron chi connectivity index (χ4n) is 2.67. The number of benzene rings is 1. The molecule has 2 N–H and O–H groups in total. The summed E-state index contributed by atoms with van der Waals surface area (Å²) in [5.74, 6) is 1.51. The normalized spacial score (nSPS) is 19.7. The molecule has 0 amide bonds. The summed E-state index contributed by atoms with van der Waals surface area (Å²) in [5.41, 5.74) is 9.31. The van der Waals surface area contributed by atoms with Crippen LogP contribution in [-0.2, 0) is 0 Å². The second-order valence-corrected chi connectivity index (χ2v) is 5.61. The lowest BCUT2D eigenvalue weighted by Crippen LogP contribution is -2.19. The van der Waals surface area contributed by atoms with Crippen LogP contribution in [0, 0.1) is 5.92 Å². The number of hydrogen-bond acceptors (Lipinski definition) is 1. The molecule has 17 heavy (non-hydrogen) atoms. The minimum atomic E-state index is 0.224. The molecular weight excluding hydrogens is 206 g/mol. The van der Waals surface area contributed by atoms with Crippen molar-refractivity contribution in [3.05, 3.63) is 35.4 Å². The van der Waals surface area contributed by atoms with E-state index in [0.29, 0.717) is 0 Å². The fourth-order valence-corrected chi connectivity index (χ4v) is 2.67. The molecule has 1 nitrogen and oxygen atoms in total. The van der Waals surface area contributed by atoms with E-state index in [4.69, 9.17) is 5.73 Å². The van der Waals surface area contributed by atoms with Gasteiger partial charge >= 0.3 is 0 Å². The van der Waals surface area contributed by atoms with Gasteiger partial charge in [-0.2, -0.15) is 0 Å². The van der Waals surface area contributed by atoms with Crippen molar-refractivity contribution in [3.63, 3.8) is 0 Å². The third-order valence-corrected chi connectivity index (χ3v) is 4.29. The van der Waals surface area contributed by atoms with Crippen molar-refractivity contribution in [2.24, 2.45) is 11.7 Å². The molecule has 1 aromatic rings. The first kappa shape index (κ1) is 12.6. The molecule has 0 radical (unpaired) electrons. The van der Waals surface area contributed by atoms with E-state index in [9.17, 15) is 0 Å². The molecule has 2 unspecified atom stereocenters. The van der Waals surface area contributed by atoms with E-state index in [1.165, 1.54) is 36.8 Å². The predicted octanol–water partition coefficient (Wildman–Crippen LogP) is 4.39. The summed E-state index contributed by atoms with van der Waals surface area (Å²) in [7, 11) is 0. The predicted molar refractivity (Wildman–Crippen MR) is 74.0 cm³/mol. The third-order valence-electron chi connectivity index (χ3n) is 4.29. The van der Waals surface area contributed by atoms with Gasteiger partial charge < -0.3 is 5.73 Å². The van der Waals surface area contributed by atoms with Gasteiger partial charge in [-0.3, -0.25) is 0 Å². The van der Waals surface area contributed by atoms with Crippen LogP contribution in [0.3, 0.4) is 0 Å². The Balaban J connectivity index is 2.13. The van der Waals surface area contributed by atoms with E-state index in [0.717, 1.165) is 18.3 Å². The Morgan fingerprint density at radius 2 is 2.00 bits per heavy atom. The average Bonchev–Trinajstić information content (AvgIpc) is 2.27.